The molecule has 1 heterocycles. The summed E-state index contributed by atoms with van der Waals surface area (Å²) in [6, 6.07) is 0. The van der Waals surface area contributed by atoms with E-state index in [1.54, 1.807) is 6.92 Å². The number of aryl methyl sites for hydroxylation is 2. The van der Waals surface area contributed by atoms with Gasteiger partial charge in [-0.3, -0.25) is 4.98 Å². The lowest BCUT2D eigenvalue weighted by molar-refractivity contribution is -0.0501. The minimum absolute atomic E-state index is 0.0344. The highest BCUT2D eigenvalue weighted by molar-refractivity contribution is 7.87. The van der Waals surface area contributed by atoms with Crippen molar-refractivity contribution in [2.24, 2.45) is 0 Å². The van der Waals surface area contributed by atoms with E-state index in [1.165, 1.54) is 6.92 Å². The van der Waals surface area contributed by atoms with E-state index >= 15 is 0 Å². The van der Waals surface area contributed by atoms with Crippen LogP contribution in [0.4, 0.5) is 13.2 Å². The fourth-order valence-corrected chi connectivity index (χ4v) is 1.29. The number of hydrogen-bond donors (Lipinski definition) is 0. The summed E-state index contributed by atoms with van der Waals surface area (Å²) in [5.74, 6) is -0.678. The number of rotatable bonds is 2. The number of alkyl halides is 3. The maximum atomic E-state index is 12.0. The van der Waals surface area contributed by atoms with Crippen LogP contribution in [0, 0.1) is 13.8 Å². The van der Waals surface area contributed by atoms with Crippen LogP contribution in [0.3, 0.4) is 0 Å². The van der Waals surface area contributed by atoms with Gasteiger partial charge in [-0.05, 0) is 13.8 Å². The van der Waals surface area contributed by atoms with E-state index in [0.717, 1.165) is 6.20 Å². The molecule has 16 heavy (non-hydrogen) atoms. The quantitative estimate of drug-likeness (QED) is 0.589. The maximum absolute atomic E-state index is 12.0. The molecule has 0 saturated carbocycles. The van der Waals surface area contributed by atoms with Crippen LogP contribution in [-0.4, -0.2) is 23.9 Å². The molecule has 0 aliphatic heterocycles. The lowest BCUT2D eigenvalue weighted by Crippen LogP contribution is -2.28. The molecule has 5 nitrogen and oxygen atoms in total. The van der Waals surface area contributed by atoms with Gasteiger partial charge in [0.15, 0.2) is 0 Å². The third-order valence-electron chi connectivity index (χ3n) is 1.49. The van der Waals surface area contributed by atoms with E-state index < -0.39 is 21.5 Å². The summed E-state index contributed by atoms with van der Waals surface area (Å²) >= 11 is 0. The molecule has 0 atom stereocenters. The molecule has 1 rings (SSSR count). The Morgan fingerprint density at radius 1 is 1.31 bits per heavy atom. The maximum Gasteiger partial charge on any atom is 0.534 e. The van der Waals surface area contributed by atoms with E-state index in [4.69, 9.17) is 0 Å². The van der Waals surface area contributed by atoms with E-state index in [1.807, 2.05) is 0 Å². The first-order chi connectivity index (χ1) is 7.13. The van der Waals surface area contributed by atoms with Crippen molar-refractivity contribution in [3.05, 3.63) is 17.6 Å². The van der Waals surface area contributed by atoms with Gasteiger partial charge >= 0.3 is 15.6 Å². The normalized spacial score (nSPS) is 12.6. The molecule has 1 aromatic heterocycles. The minimum Gasteiger partial charge on any atom is -0.353 e. The van der Waals surface area contributed by atoms with Crippen molar-refractivity contribution in [1.29, 1.82) is 0 Å². The fourth-order valence-electron chi connectivity index (χ4n) is 0.820. The molecular weight excluding hydrogens is 249 g/mol. The van der Waals surface area contributed by atoms with E-state index in [0.29, 0.717) is 5.69 Å². The Labute approximate surface area is 89.4 Å². The predicted octanol–water partition coefficient (Wildman–Crippen LogP) is 1.32. The summed E-state index contributed by atoms with van der Waals surface area (Å²) in [5.41, 5.74) is -5.08. The highest BCUT2D eigenvalue weighted by Crippen LogP contribution is 2.26. The summed E-state index contributed by atoms with van der Waals surface area (Å²) in [7, 11) is -5.69. The molecule has 0 aliphatic rings. The first kappa shape index (κ1) is 12.7. The summed E-state index contributed by atoms with van der Waals surface area (Å²) in [4.78, 5) is 7.13. The molecule has 0 unspecified atom stereocenters. The number of hydrogen-bond acceptors (Lipinski definition) is 5. The molecule has 0 amide bonds. The highest BCUT2D eigenvalue weighted by Gasteiger charge is 2.49. The van der Waals surface area contributed by atoms with Crippen LogP contribution in [-0.2, 0) is 10.1 Å². The zero-order valence-electron chi connectivity index (χ0n) is 8.24. The third kappa shape index (κ3) is 2.60. The topological polar surface area (TPSA) is 69.2 Å². The Balaban J connectivity index is 3.07. The van der Waals surface area contributed by atoms with Gasteiger partial charge in [-0.15, -0.1) is 0 Å². The van der Waals surface area contributed by atoms with Crippen LogP contribution in [0.15, 0.2) is 6.20 Å². The van der Waals surface area contributed by atoms with Crippen LogP contribution in [0.25, 0.3) is 0 Å². The van der Waals surface area contributed by atoms with Gasteiger partial charge in [0.2, 0.25) is 0 Å². The predicted molar refractivity (Wildman–Crippen MR) is 47.1 cm³/mol. The average molecular weight is 256 g/mol. The van der Waals surface area contributed by atoms with Crippen LogP contribution in [0.5, 0.6) is 5.88 Å². The Morgan fingerprint density at radius 2 is 1.88 bits per heavy atom. The monoisotopic (exact) mass is 256 g/mol. The van der Waals surface area contributed by atoms with Gasteiger partial charge in [0.25, 0.3) is 5.88 Å². The Hall–Kier alpha value is -1.38. The van der Waals surface area contributed by atoms with Crippen LogP contribution in [0.1, 0.15) is 11.4 Å². The van der Waals surface area contributed by atoms with Crippen molar-refractivity contribution in [1.82, 2.24) is 9.97 Å². The summed E-state index contributed by atoms with van der Waals surface area (Å²) < 4.78 is 61.0. The van der Waals surface area contributed by atoms with Gasteiger partial charge in [0.05, 0.1) is 11.9 Å². The summed E-state index contributed by atoms with van der Waals surface area (Å²) in [5, 5.41) is 0. The van der Waals surface area contributed by atoms with Crippen molar-refractivity contribution >= 4 is 10.1 Å². The second-order valence-corrected chi connectivity index (χ2v) is 4.42. The van der Waals surface area contributed by atoms with Gasteiger partial charge < -0.3 is 4.18 Å². The van der Waals surface area contributed by atoms with Gasteiger partial charge in [-0.2, -0.15) is 21.6 Å². The first-order valence-corrected chi connectivity index (χ1v) is 5.35. The lowest BCUT2D eigenvalue weighted by atomic mass is 10.4. The Kier molecular flexibility index (Phi) is 3.08. The van der Waals surface area contributed by atoms with E-state index in [2.05, 4.69) is 14.2 Å². The molecule has 0 fully saturated rings. The summed E-state index contributed by atoms with van der Waals surface area (Å²) in [6.07, 6.45) is 1.11. The second kappa shape index (κ2) is 3.89. The molecule has 0 aromatic carbocycles. The van der Waals surface area contributed by atoms with E-state index in [-0.39, 0.29) is 5.69 Å². The SMILES string of the molecule is Cc1cnc(OS(=O)(=O)C(F)(F)F)c(C)n1. The van der Waals surface area contributed by atoms with Gasteiger partial charge in [0.1, 0.15) is 5.69 Å². The molecule has 0 N–H and O–H groups in total. The second-order valence-electron chi connectivity index (χ2n) is 2.89. The zero-order chi connectivity index (χ0) is 12.6. The highest BCUT2D eigenvalue weighted by atomic mass is 32.2. The van der Waals surface area contributed by atoms with Crippen molar-refractivity contribution < 1.29 is 25.8 Å². The molecule has 0 bridgehead atoms. The van der Waals surface area contributed by atoms with Crippen molar-refractivity contribution in [2.75, 3.05) is 0 Å². The molecule has 0 spiro atoms. The van der Waals surface area contributed by atoms with Gasteiger partial charge in [-0.25, -0.2) is 4.98 Å². The van der Waals surface area contributed by atoms with E-state index in [9.17, 15) is 21.6 Å². The minimum atomic E-state index is -5.69. The van der Waals surface area contributed by atoms with Gasteiger partial charge in [-0.1, -0.05) is 0 Å². The fraction of sp³-hybridized carbons (Fsp3) is 0.429. The van der Waals surface area contributed by atoms with Crippen LogP contribution >= 0.6 is 0 Å². The van der Waals surface area contributed by atoms with Crippen molar-refractivity contribution in [3.63, 3.8) is 0 Å². The van der Waals surface area contributed by atoms with Crippen molar-refractivity contribution in [2.45, 2.75) is 19.4 Å². The summed E-state index contributed by atoms with van der Waals surface area (Å²) in [6.45, 7) is 2.85. The number of nitrogens with zero attached hydrogens (tertiary/aromatic N) is 2. The number of halogens is 3. The lowest BCUT2D eigenvalue weighted by Gasteiger charge is -2.09. The smallest absolute Gasteiger partial charge is 0.353 e. The molecule has 1 aromatic rings. The Morgan fingerprint density at radius 3 is 2.31 bits per heavy atom. The standard InChI is InChI=1S/C7H7F3N2O3S/c1-4-3-11-6(5(2)12-4)15-16(13,14)7(8,9)10/h3H,1-2H3. The zero-order valence-corrected chi connectivity index (χ0v) is 9.06. The average Bonchev–Trinajstić information content (AvgIpc) is 2.08. The number of aromatic nitrogens is 2. The third-order valence-corrected chi connectivity index (χ3v) is 2.44. The van der Waals surface area contributed by atoms with Crippen LogP contribution < -0.4 is 4.18 Å². The Bertz CT molecular complexity index is 498. The molecule has 0 saturated heterocycles. The van der Waals surface area contributed by atoms with Crippen molar-refractivity contribution in [3.8, 4) is 5.88 Å². The molecule has 0 aliphatic carbocycles. The molecule has 9 heteroatoms. The largest absolute Gasteiger partial charge is 0.534 e. The molecule has 90 valence electrons. The first-order valence-electron chi connectivity index (χ1n) is 3.94. The van der Waals surface area contributed by atoms with Crippen LogP contribution in [0.2, 0.25) is 0 Å². The molecule has 0 radical (unpaired) electrons. The van der Waals surface area contributed by atoms with Gasteiger partial charge in [0, 0.05) is 0 Å². The molecular formula is C7H7F3N2O3S.